The second-order valence-electron chi connectivity index (χ2n) is 12.6. The van der Waals surface area contributed by atoms with Crippen LogP contribution >= 0.6 is 0 Å². The molecule has 7 aromatic carbocycles. The summed E-state index contributed by atoms with van der Waals surface area (Å²) in [6, 6.07) is 56.3. The Balaban J connectivity index is 1.07. The molecular weight excluding hydrogens is 615 g/mol. The minimum atomic E-state index is -0.323. The lowest BCUT2D eigenvalue weighted by Gasteiger charge is -2.24. The van der Waals surface area contributed by atoms with Gasteiger partial charge in [0.1, 0.15) is 34.3 Å². The van der Waals surface area contributed by atoms with Gasteiger partial charge in [0.25, 0.3) is 0 Å². The lowest BCUT2D eigenvalue weighted by Crippen LogP contribution is -2.33. The Kier molecular flexibility index (Phi) is 6.49. The highest BCUT2D eigenvalue weighted by Gasteiger charge is 2.24. The van der Waals surface area contributed by atoms with Gasteiger partial charge in [0.2, 0.25) is 0 Å². The lowest BCUT2D eigenvalue weighted by molar-refractivity contribution is 0.668. The van der Waals surface area contributed by atoms with E-state index in [-0.39, 0.29) is 6.17 Å². The molecule has 0 saturated carbocycles. The first kappa shape index (κ1) is 28.3. The highest BCUT2D eigenvalue weighted by atomic mass is 16.3. The zero-order chi connectivity index (χ0) is 33.0. The van der Waals surface area contributed by atoms with Crippen LogP contribution in [0.5, 0.6) is 0 Å². The van der Waals surface area contributed by atoms with E-state index in [1.54, 1.807) is 0 Å². The second kappa shape index (κ2) is 11.5. The maximum atomic E-state index is 6.52. The molecule has 9 aromatic rings. The summed E-state index contributed by atoms with van der Waals surface area (Å²) in [5, 5.41) is 7.86. The Hall–Kier alpha value is -6.72. The summed E-state index contributed by atoms with van der Waals surface area (Å²) >= 11 is 0. The van der Waals surface area contributed by atoms with Crippen molar-refractivity contribution in [3.63, 3.8) is 0 Å². The average Bonchev–Trinajstić information content (AvgIpc) is 3.76. The van der Waals surface area contributed by atoms with E-state index in [1.807, 2.05) is 54.6 Å². The fourth-order valence-electron chi connectivity index (χ4n) is 7.07. The number of furan rings is 2. The first-order valence-corrected chi connectivity index (χ1v) is 16.8. The minimum absolute atomic E-state index is 0.323. The maximum absolute atomic E-state index is 6.52. The van der Waals surface area contributed by atoms with E-state index < -0.39 is 0 Å². The Morgan fingerprint density at radius 2 is 1.02 bits per heavy atom. The van der Waals surface area contributed by atoms with Crippen LogP contribution in [-0.4, -0.2) is 11.7 Å². The van der Waals surface area contributed by atoms with E-state index in [4.69, 9.17) is 18.8 Å². The number of benzene rings is 7. The van der Waals surface area contributed by atoms with Gasteiger partial charge < -0.3 is 14.2 Å². The number of nitrogens with zero attached hydrogens (tertiary/aromatic N) is 2. The van der Waals surface area contributed by atoms with Gasteiger partial charge in [0, 0.05) is 32.7 Å². The number of hydrogen-bond donors (Lipinski definition) is 1. The number of hydrogen-bond acceptors (Lipinski definition) is 5. The summed E-state index contributed by atoms with van der Waals surface area (Å²) in [5.74, 6) is 1.44. The predicted octanol–water partition coefficient (Wildman–Crippen LogP) is 11.3. The highest BCUT2D eigenvalue weighted by Crippen LogP contribution is 2.37. The molecule has 3 heterocycles. The van der Waals surface area contributed by atoms with Gasteiger partial charge in [0.05, 0.1) is 0 Å². The first-order valence-electron chi connectivity index (χ1n) is 16.8. The standard InChI is InChI=1S/C45H29N3O2/c1-3-10-28(11-4-1)29-18-20-31(21-19-29)44-46-43(30-12-5-2-6-13-30)47-45(48-44)37-15-9-17-39-42(37)36-25-23-33(27-41(36)50-39)32-22-24-35-34-14-7-8-16-38(34)49-40(35)26-32/h1-27,44H,(H,46,47,48). The quantitative estimate of drug-likeness (QED) is 0.203. The highest BCUT2D eigenvalue weighted by molar-refractivity contribution is 6.22. The third-order valence-electron chi connectivity index (χ3n) is 9.57. The largest absolute Gasteiger partial charge is 0.456 e. The van der Waals surface area contributed by atoms with Gasteiger partial charge in [-0.1, -0.05) is 127 Å². The van der Waals surface area contributed by atoms with Crippen LogP contribution in [0.25, 0.3) is 66.1 Å². The zero-order valence-corrected chi connectivity index (χ0v) is 26.9. The maximum Gasteiger partial charge on any atom is 0.160 e. The van der Waals surface area contributed by atoms with Crippen molar-refractivity contribution >= 4 is 55.5 Å². The van der Waals surface area contributed by atoms with Gasteiger partial charge in [-0.3, -0.25) is 0 Å². The molecule has 236 valence electrons. The fraction of sp³-hybridized carbons (Fsp3) is 0.0222. The Bertz CT molecular complexity index is 2770. The van der Waals surface area contributed by atoms with E-state index in [1.165, 1.54) is 5.56 Å². The second-order valence-corrected chi connectivity index (χ2v) is 12.6. The van der Waals surface area contributed by atoms with Crippen LogP contribution in [0.15, 0.2) is 183 Å². The van der Waals surface area contributed by atoms with Crippen LogP contribution in [0.3, 0.4) is 0 Å². The summed E-state index contributed by atoms with van der Waals surface area (Å²) in [6.45, 7) is 0. The monoisotopic (exact) mass is 643 g/mol. The molecule has 5 heteroatoms. The van der Waals surface area contributed by atoms with Crippen molar-refractivity contribution < 1.29 is 8.83 Å². The van der Waals surface area contributed by atoms with Crippen molar-refractivity contribution in [1.29, 1.82) is 0 Å². The van der Waals surface area contributed by atoms with Crippen LogP contribution < -0.4 is 5.32 Å². The zero-order valence-electron chi connectivity index (χ0n) is 26.9. The van der Waals surface area contributed by atoms with Gasteiger partial charge in [-0.15, -0.1) is 0 Å². The van der Waals surface area contributed by atoms with Crippen LogP contribution in [0.2, 0.25) is 0 Å². The SMILES string of the molecule is c1ccc(C2=NC(c3cccc4oc5cc(-c6ccc7c(c6)oc6ccccc67)ccc5c34)=NC(c3ccc(-c4ccccc4)cc3)N2)cc1. The Labute approximate surface area is 287 Å². The van der Waals surface area contributed by atoms with Crippen molar-refractivity contribution in [3.05, 3.63) is 180 Å². The molecule has 0 aliphatic carbocycles. The molecule has 0 radical (unpaired) electrons. The summed E-state index contributed by atoms with van der Waals surface area (Å²) < 4.78 is 12.7. The molecule has 10 rings (SSSR count). The molecule has 50 heavy (non-hydrogen) atoms. The van der Waals surface area contributed by atoms with E-state index in [2.05, 4.69) is 115 Å². The molecule has 1 atom stereocenters. The summed E-state index contributed by atoms with van der Waals surface area (Å²) in [7, 11) is 0. The molecule has 1 aliphatic heterocycles. The Morgan fingerprint density at radius 3 is 1.80 bits per heavy atom. The molecule has 0 bridgehead atoms. The van der Waals surface area contributed by atoms with Gasteiger partial charge in [0.15, 0.2) is 5.84 Å². The number of para-hydroxylation sites is 1. The van der Waals surface area contributed by atoms with Crippen LogP contribution in [0, 0.1) is 0 Å². The van der Waals surface area contributed by atoms with Gasteiger partial charge >= 0.3 is 0 Å². The number of nitrogens with one attached hydrogen (secondary N) is 1. The van der Waals surface area contributed by atoms with E-state index in [0.717, 1.165) is 83.1 Å². The van der Waals surface area contributed by atoms with E-state index in [9.17, 15) is 0 Å². The fourth-order valence-corrected chi connectivity index (χ4v) is 7.07. The molecule has 0 spiro atoms. The molecule has 0 fully saturated rings. The average molecular weight is 644 g/mol. The van der Waals surface area contributed by atoms with Gasteiger partial charge in [-0.25, -0.2) is 9.98 Å². The lowest BCUT2D eigenvalue weighted by atomic mass is 10.00. The predicted molar refractivity (Wildman–Crippen MR) is 204 cm³/mol. The van der Waals surface area contributed by atoms with Crippen molar-refractivity contribution in [3.8, 4) is 22.3 Å². The van der Waals surface area contributed by atoms with Crippen LogP contribution in [-0.2, 0) is 0 Å². The molecule has 1 N–H and O–H groups in total. The number of rotatable bonds is 5. The van der Waals surface area contributed by atoms with E-state index in [0.29, 0.717) is 5.84 Å². The topological polar surface area (TPSA) is 63.0 Å². The van der Waals surface area contributed by atoms with Gasteiger partial charge in [-0.05, 0) is 64.2 Å². The van der Waals surface area contributed by atoms with Crippen LogP contribution in [0.4, 0.5) is 0 Å². The van der Waals surface area contributed by atoms with Crippen LogP contribution in [0.1, 0.15) is 22.9 Å². The normalized spacial score (nSPS) is 14.6. The molecule has 2 aromatic heterocycles. The first-order chi connectivity index (χ1) is 24.7. The summed E-state index contributed by atoms with van der Waals surface area (Å²) in [6.07, 6.45) is -0.323. The smallest absolute Gasteiger partial charge is 0.160 e. The van der Waals surface area contributed by atoms with E-state index >= 15 is 0 Å². The van der Waals surface area contributed by atoms with Crippen molar-refractivity contribution in [2.45, 2.75) is 6.17 Å². The summed E-state index contributed by atoms with van der Waals surface area (Å²) in [5.41, 5.74) is 10.8. The molecule has 5 nitrogen and oxygen atoms in total. The molecule has 0 saturated heterocycles. The number of amidine groups is 2. The molecule has 1 aliphatic rings. The van der Waals surface area contributed by atoms with Crippen molar-refractivity contribution in [1.82, 2.24) is 5.32 Å². The number of fused-ring (bicyclic) bond motifs is 6. The molecule has 1 unspecified atom stereocenters. The summed E-state index contributed by atoms with van der Waals surface area (Å²) in [4.78, 5) is 10.3. The van der Waals surface area contributed by atoms with Crippen molar-refractivity contribution in [2.75, 3.05) is 0 Å². The third kappa shape index (κ3) is 4.79. The number of aliphatic imine (C=N–C) groups is 2. The minimum Gasteiger partial charge on any atom is -0.456 e. The van der Waals surface area contributed by atoms with Crippen molar-refractivity contribution in [2.24, 2.45) is 9.98 Å². The molecule has 0 amide bonds. The van der Waals surface area contributed by atoms with Gasteiger partial charge in [-0.2, -0.15) is 0 Å². The third-order valence-corrected chi connectivity index (χ3v) is 9.57. The molecular formula is C45H29N3O2. The Morgan fingerprint density at radius 1 is 0.440 bits per heavy atom.